The SMILES string of the molecule is CC#CCOc1ccc(SC(C(=O)[N+](O)(O)Sc2ccc(OCC#CC)cc2)(c2ccc(OC)cc2)c2ccc(OC)cc2)cc1. The summed E-state index contributed by atoms with van der Waals surface area (Å²) in [5.41, 5.74) is 0.998. The molecule has 0 radical (unpaired) electrons. The van der Waals surface area contributed by atoms with Crippen LogP contribution in [0.25, 0.3) is 0 Å². The smallest absolute Gasteiger partial charge is 0.416 e. The second kappa shape index (κ2) is 16.1. The number of hydrogen-bond acceptors (Lipinski definition) is 9. The average molecular weight is 657 g/mol. The Kier molecular flexibility index (Phi) is 12.0. The highest BCUT2D eigenvalue weighted by Crippen LogP contribution is 2.51. The van der Waals surface area contributed by atoms with Crippen molar-refractivity contribution in [2.24, 2.45) is 0 Å². The van der Waals surface area contributed by atoms with Gasteiger partial charge in [-0.15, -0.1) is 11.8 Å². The number of quaternary nitrogens is 1. The van der Waals surface area contributed by atoms with E-state index in [2.05, 4.69) is 23.7 Å². The highest BCUT2D eigenvalue weighted by atomic mass is 32.2. The van der Waals surface area contributed by atoms with Crippen molar-refractivity contribution in [2.75, 3.05) is 27.4 Å². The van der Waals surface area contributed by atoms with Crippen LogP contribution < -0.4 is 18.9 Å². The van der Waals surface area contributed by atoms with Crippen LogP contribution in [0, 0.1) is 23.7 Å². The van der Waals surface area contributed by atoms with E-state index < -0.39 is 14.9 Å². The maximum absolute atomic E-state index is 14.8. The molecule has 1 amide bonds. The number of thioether (sulfide) groups is 1. The molecule has 4 aromatic rings. The largest absolute Gasteiger partial charge is 0.497 e. The summed E-state index contributed by atoms with van der Waals surface area (Å²) in [5, 5.41) is 23.1. The van der Waals surface area contributed by atoms with Gasteiger partial charge in [0.15, 0.2) is 16.7 Å². The van der Waals surface area contributed by atoms with Crippen LogP contribution in [0.2, 0.25) is 0 Å². The van der Waals surface area contributed by atoms with E-state index in [1.807, 2.05) is 12.1 Å². The van der Waals surface area contributed by atoms with Gasteiger partial charge in [-0.1, -0.05) is 47.9 Å². The van der Waals surface area contributed by atoms with E-state index in [9.17, 15) is 15.2 Å². The fraction of sp³-hybridized carbons (Fsp3) is 0.194. The molecule has 0 bridgehead atoms. The maximum atomic E-state index is 14.8. The molecule has 0 saturated heterocycles. The second-order valence-corrected chi connectivity index (χ2v) is 12.0. The number of hydroxylamine groups is 2. The zero-order valence-corrected chi connectivity index (χ0v) is 27.5. The van der Waals surface area contributed by atoms with Gasteiger partial charge in [0.05, 0.1) is 23.3 Å². The number of methoxy groups -OCH3 is 2. The van der Waals surface area contributed by atoms with E-state index >= 15 is 0 Å². The van der Waals surface area contributed by atoms with Crippen LogP contribution >= 0.6 is 23.7 Å². The molecule has 4 rings (SSSR count). The third-order valence-electron chi connectivity index (χ3n) is 6.69. The number of carbonyl (C=O) groups excluding carboxylic acids is 1. The molecule has 0 heterocycles. The minimum absolute atomic E-state index is 0.227. The Labute approximate surface area is 277 Å². The third kappa shape index (κ3) is 8.38. The quantitative estimate of drug-likeness (QED) is 0.0382. The molecule has 0 aromatic heterocycles. The van der Waals surface area contributed by atoms with Crippen molar-refractivity contribution in [3.8, 4) is 46.7 Å². The molecule has 8 nitrogen and oxygen atoms in total. The van der Waals surface area contributed by atoms with E-state index in [4.69, 9.17) is 18.9 Å². The van der Waals surface area contributed by atoms with Crippen LogP contribution in [0.1, 0.15) is 25.0 Å². The van der Waals surface area contributed by atoms with Gasteiger partial charge in [-0.2, -0.15) is 10.4 Å². The highest BCUT2D eigenvalue weighted by Gasteiger charge is 2.57. The predicted molar refractivity (Wildman–Crippen MR) is 178 cm³/mol. The van der Waals surface area contributed by atoms with Gasteiger partial charge >= 0.3 is 5.91 Å². The Balaban J connectivity index is 1.81. The fourth-order valence-electron chi connectivity index (χ4n) is 4.38. The van der Waals surface area contributed by atoms with E-state index in [1.54, 1.807) is 113 Å². The van der Waals surface area contributed by atoms with Crippen LogP contribution in [0.4, 0.5) is 0 Å². The van der Waals surface area contributed by atoms with Gasteiger partial charge in [0.25, 0.3) is 0 Å². The lowest BCUT2D eigenvalue weighted by Crippen LogP contribution is -2.51. The maximum Gasteiger partial charge on any atom is 0.416 e. The Morgan fingerprint density at radius 2 is 1.04 bits per heavy atom. The van der Waals surface area contributed by atoms with Crippen LogP contribution in [0.3, 0.4) is 0 Å². The molecule has 0 aliphatic carbocycles. The number of benzene rings is 4. The molecule has 2 N–H and O–H groups in total. The normalized spacial score (nSPS) is 10.9. The standard InChI is InChI=1S/C36H34NO7S2/c1-5-7-25-43-31-17-21-33(22-18-31)45-36(27-9-13-29(41-3)14-10-27,28-11-15-30(42-4)16-12-28)35(38)37(39,40)46-34-23-19-32(20-24-34)44-26-8-6-2/h9-24,39-40H,25-26H2,1-4H3/q+1. The lowest BCUT2D eigenvalue weighted by molar-refractivity contribution is -1.09. The molecular weight excluding hydrogens is 623 g/mol. The predicted octanol–water partition coefficient (Wildman–Crippen LogP) is 7.37. The van der Waals surface area contributed by atoms with Gasteiger partial charge in [0.1, 0.15) is 36.2 Å². The van der Waals surface area contributed by atoms with Gasteiger partial charge in [0, 0.05) is 4.90 Å². The van der Waals surface area contributed by atoms with Gasteiger partial charge in [-0.3, -0.25) is 0 Å². The summed E-state index contributed by atoms with van der Waals surface area (Å²) in [6.07, 6.45) is 0. The molecule has 0 aliphatic heterocycles. The molecule has 4 aromatic carbocycles. The molecule has 0 atom stereocenters. The van der Waals surface area contributed by atoms with Crippen molar-refractivity contribution < 1.29 is 38.4 Å². The molecule has 0 fully saturated rings. The second-order valence-electron chi connectivity index (χ2n) is 9.55. The first-order chi connectivity index (χ1) is 22.2. The first kappa shape index (κ1) is 34.3. The summed E-state index contributed by atoms with van der Waals surface area (Å²) in [6.45, 7) is 3.94. The van der Waals surface area contributed by atoms with E-state index in [0.29, 0.717) is 55.9 Å². The van der Waals surface area contributed by atoms with Crippen molar-refractivity contribution in [1.29, 1.82) is 0 Å². The Morgan fingerprint density at radius 1 is 0.652 bits per heavy atom. The zero-order valence-electron chi connectivity index (χ0n) is 25.9. The van der Waals surface area contributed by atoms with Crippen LogP contribution in [0.15, 0.2) is 107 Å². The summed E-state index contributed by atoms with van der Waals surface area (Å²) in [6, 6.07) is 27.7. The number of ether oxygens (including phenoxy) is 4. The molecule has 0 saturated carbocycles. The van der Waals surface area contributed by atoms with Gasteiger partial charge in [-0.25, -0.2) is 4.79 Å². The summed E-state index contributed by atoms with van der Waals surface area (Å²) in [4.78, 5) is 15.9. The molecule has 46 heavy (non-hydrogen) atoms. The summed E-state index contributed by atoms with van der Waals surface area (Å²) < 4.78 is 18.3. The van der Waals surface area contributed by atoms with Crippen LogP contribution in [-0.2, 0) is 9.54 Å². The van der Waals surface area contributed by atoms with Crippen molar-refractivity contribution in [2.45, 2.75) is 28.4 Å². The summed E-state index contributed by atoms with van der Waals surface area (Å²) in [5.74, 6) is 12.7. The Morgan fingerprint density at radius 3 is 1.43 bits per heavy atom. The number of rotatable bonds is 13. The molecule has 236 valence electrons. The van der Waals surface area contributed by atoms with Crippen molar-refractivity contribution in [3.63, 3.8) is 0 Å². The molecular formula is C36H34NO7S2+. The minimum Gasteiger partial charge on any atom is -0.497 e. The van der Waals surface area contributed by atoms with Crippen molar-refractivity contribution >= 4 is 29.6 Å². The first-order valence-corrected chi connectivity index (χ1v) is 15.7. The van der Waals surface area contributed by atoms with E-state index in [1.165, 1.54) is 11.8 Å². The minimum atomic E-state index is -2.01. The lowest BCUT2D eigenvalue weighted by atomic mass is 9.89. The molecule has 0 aliphatic rings. The van der Waals surface area contributed by atoms with Crippen LogP contribution in [-0.4, -0.2) is 48.0 Å². The van der Waals surface area contributed by atoms with E-state index in [-0.39, 0.29) is 13.2 Å². The number of hydrogen-bond donors (Lipinski definition) is 2. The molecule has 0 spiro atoms. The lowest BCUT2D eigenvalue weighted by Gasteiger charge is -2.33. The van der Waals surface area contributed by atoms with E-state index in [0.717, 1.165) is 0 Å². The number of carbonyl (C=O) groups is 1. The summed E-state index contributed by atoms with van der Waals surface area (Å²) >= 11 is 1.74. The molecule has 10 heteroatoms. The highest BCUT2D eigenvalue weighted by molar-refractivity contribution is 8.01. The third-order valence-corrected chi connectivity index (χ3v) is 9.05. The Bertz CT molecular complexity index is 1670. The van der Waals surface area contributed by atoms with Crippen molar-refractivity contribution in [3.05, 3.63) is 108 Å². The number of nitrogens with zero attached hydrogens (tertiary/aromatic N) is 1. The van der Waals surface area contributed by atoms with Gasteiger partial charge in [0.2, 0.25) is 0 Å². The van der Waals surface area contributed by atoms with Crippen molar-refractivity contribution in [1.82, 2.24) is 0 Å². The van der Waals surface area contributed by atoms with Gasteiger partial charge in [-0.05, 0) is 97.8 Å². The zero-order chi connectivity index (χ0) is 33.0. The monoisotopic (exact) mass is 656 g/mol. The Hall–Kier alpha value is -4.55. The summed E-state index contributed by atoms with van der Waals surface area (Å²) in [7, 11) is 3.10. The van der Waals surface area contributed by atoms with Crippen LogP contribution in [0.5, 0.6) is 23.0 Å². The van der Waals surface area contributed by atoms with Gasteiger partial charge < -0.3 is 18.9 Å². The topological polar surface area (TPSA) is 94.5 Å². The number of amides is 1. The first-order valence-electron chi connectivity index (χ1n) is 14.1. The fourth-order valence-corrected chi connectivity index (χ4v) is 6.56. The molecule has 0 unspecified atom stereocenters. The average Bonchev–Trinajstić information content (AvgIpc) is 3.08.